The highest BCUT2D eigenvalue weighted by molar-refractivity contribution is 7.99. The Morgan fingerprint density at radius 2 is 2.10 bits per heavy atom. The highest BCUT2D eigenvalue weighted by atomic mass is 32.2. The van der Waals surface area contributed by atoms with E-state index >= 15 is 0 Å². The molecule has 1 fully saturated rings. The number of esters is 1. The summed E-state index contributed by atoms with van der Waals surface area (Å²) in [4.78, 5) is 12.3. The van der Waals surface area contributed by atoms with E-state index in [0.29, 0.717) is 17.9 Å². The van der Waals surface area contributed by atoms with Crippen molar-refractivity contribution < 1.29 is 9.53 Å². The number of carbonyl (C=O) groups is 1. The topological polar surface area (TPSA) is 38.3 Å². The Hall–Kier alpha value is -0.220. The van der Waals surface area contributed by atoms with E-state index in [9.17, 15) is 4.79 Å². The number of nitrogens with one attached hydrogen (secondary N) is 1. The second-order valence-electron chi connectivity index (χ2n) is 6.52. The Morgan fingerprint density at radius 1 is 1.40 bits per heavy atom. The molecule has 0 amide bonds. The predicted molar refractivity (Wildman–Crippen MR) is 87.2 cm³/mol. The van der Waals surface area contributed by atoms with Gasteiger partial charge in [-0.05, 0) is 58.1 Å². The molecule has 0 bridgehead atoms. The number of rotatable bonds is 8. The average molecular weight is 301 g/mol. The summed E-state index contributed by atoms with van der Waals surface area (Å²) in [6.45, 7) is 11.1. The summed E-state index contributed by atoms with van der Waals surface area (Å²) in [7, 11) is 0. The van der Waals surface area contributed by atoms with Crippen LogP contribution in [-0.2, 0) is 9.53 Å². The predicted octanol–water partition coefficient (Wildman–Crippen LogP) is 3.62. The minimum Gasteiger partial charge on any atom is -0.465 e. The maximum absolute atomic E-state index is 12.3. The van der Waals surface area contributed by atoms with Crippen LogP contribution in [0.25, 0.3) is 0 Å². The zero-order valence-corrected chi connectivity index (χ0v) is 14.5. The molecular formula is C16H31NO2S. The third-order valence-electron chi connectivity index (χ3n) is 3.75. The summed E-state index contributed by atoms with van der Waals surface area (Å²) in [6, 6.07) is 0.304. The van der Waals surface area contributed by atoms with Gasteiger partial charge in [-0.3, -0.25) is 10.1 Å². The number of carbonyl (C=O) groups excluding carboxylic acids is 1. The Bertz CT molecular complexity index is 307. The lowest BCUT2D eigenvalue weighted by atomic mass is 9.96. The van der Waals surface area contributed by atoms with E-state index < -0.39 is 5.54 Å². The fourth-order valence-corrected chi connectivity index (χ4v) is 4.44. The summed E-state index contributed by atoms with van der Waals surface area (Å²) in [6.07, 6.45) is 4.18. The number of thioether (sulfide) groups is 1. The lowest BCUT2D eigenvalue weighted by molar-refractivity contribution is -0.151. The van der Waals surface area contributed by atoms with Crippen LogP contribution in [-0.4, -0.2) is 35.2 Å². The van der Waals surface area contributed by atoms with Gasteiger partial charge in [-0.1, -0.05) is 13.8 Å². The van der Waals surface area contributed by atoms with Crippen LogP contribution in [0.2, 0.25) is 0 Å². The first-order valence-electron chi connectivity index (χ1n) is 7.96. The molecule has 1 rings (SSSR count). The van der Waals surface area contributed by atoms with E-state index in [1.165, 1.54) is 12.2 Å². The van der Waals surface area contributed by atoms with Crippen molar-refractivity contribution >= 4 is 17.7 Å². The van der Waals surface area contributed by atoms with E-state index in [-0.39, 0.29) is 5.97 Å². The summed E-state index contributed by atoms with van der Waals surface area (Å²) < 4.78 is 5.31. The summed E-state index contributed by atoms with van der Waals surface area (Å²) in [5.74, 6) is 1.90. The van der Waals surface area contributed by atoms with Gasteiger partial charge in [-0.25, -0.2) is 0 Å². The van der Waals surface area contributed by atoms with Gasteiger partial charge in [0.15, 0.2) is 0 Å². The highest BCUT2D eigenvalue weighted by Crippen LogP contribution is 2.38. The van der Waals surface area contributed by atoms with Crippen LogP contribution < -0.4 is 5.32 Å². The fraction of sp³-hybridized carbons (Fsp3) is 0.938. The molecule has 1 saturated carbocycles. The molecule has 0 spiro atoms. The van der Waals surface area contributed by atoms with Crippen molar-refractivity contribution in [3.63, 3.8) is 0 Å². The molecule has 0 aromatic rings. The van der Waals surface area contributed by atoms with E-state index in [1.807, 2.05) is 18.7 Å². The first kappa shape index (κ1) is 17.8. The Labute approximate surface area is 128 Å². The zero-order valence-electron chi connectivity index (χ0n) is 13.7. The first-order chi connectivity index (χ1) is 9.39. The number of hydrogen-bond acceptors (Lipinski definition) is 4. The third kappa shape index (κ3) is 5.28. The van der Waals surface area contributed by atoms with Gasteiger partial charge in [0.25, 0.3) is 0 Å². The van der Waals surface area contributed by atoms with E-state index in [0.717, 1.165) is 25.2 Å². The van der Waals surface area contributed by atoms with Gasteiger partial charge in [-0.15, -0.1) is 0 Å². The van der Waals surface area contributed by atoms with Gasteiger partial charge in [0.1, 0.15) is 5.54 Å². The van der Waals surface area contributed by atoms with Crippen molar-refractivity contribution in [2.75, 3.05) is 12.4 Å². The molecule has 0 saturated heterocycles. The van der Waals surface area contributed by atoms with Crippen LogP contribution in [0.5, 0.6) is 0 Å². The normalized spacial score (nSPS) is 26.4. The van der Waals surface area contributed by atoms with Crippen molar-refractivity contribution in [3.8, 4) is 0 Å². The van der Waals surface area contributed by atoms with Crippen LogP contribution in [0.4, 0.5) is 0 Å². The van der Waals surface area contributed by atoms with Crippen LogP contribution in [0.3, 0.4) is 0 Å². The fourth-order valence-electron chi connectivity index (χ4n) is 2.81. The minimum atomic E-state index is -0.445. The Kier molecular flexibility index (Phi) is 7.38. The molecule has 20 heavy (non-hydrogen) atoms. The smallest absolute Gasteiger partial charge is 0.326 e. The summed E-state index contributed by atoms with van der Waals surface area (Å²) >= 11 is 2.03. The molecular weight excluding hydrogens is 270 g/mol. The van der Waals surface area contributed by atoms with Crippen molar-refractivity contribution in [1.29, 1.82) is 0 Å². The van der Waals surface area contributed by atoms with Gasteiger partial charge in [0.05, 0.1) is 6.61 Å². The van der Waals surface area contributed by atoms with Gasteiger partial charge in [0.2, 0.25) is 0 Å². The van der Waals surface area contributed by atoms with Crippen LogP contribution in [0.15, 0.2) is 0 Å². The second-order valence-corrected chi connectivity index (χ2v) is 7.93. The summed E-state index contributed by atoms with van der Waals surface area (Å²) in [5, 5.41) is 4.07. The quantitative estimate of drug-likeness (QED) is 0.695. The molecule has 1 aliphatic carbocycles. The molecule has 0 aliphatic heterocycles. The molecule has 1 aliphatic rings. The van der Waals surface area contributed by atoms with Crippen molar-refractivity contribution in [1.82, 2.24) is 5.32 Å². The molecule has 1 N–H and O–H groups in total. The van der Waals surface area contributed by atoms with Crippen LogP contribution >= 0.6 is 11.8 Å². The highest BCUT2D eigenvalue weighted by Gasteiger charge is 2.46. The second kappa shape index (κ2) is 8.28. The monoisotopic (exact) mass is 301 g/mol. The first-order valence-corrected chi connectivity index (χ1v) is 9.01. The molecule has 3 nitrogen and oxygen atoms in total. The molecule has 4 heteroatoms. The SMILES string of the molecule is CCOC(=O)C1(NC(C)C)CCC(SCCC(C)C)C1. The standard InChI is InChI=1S/C16H31NO2S/c1-6-19-15(18)16(17-13(4)5)9-7-14(11-16)20-10-8-12(2)3/h12-14,17H,6-11H2,1-5H3. The average Bonchev–Trinajstić information content (AvgIpc) is 2.73. The van der Waals surface area contributed by atoms with Gasteiger partial charge >= 0.3 is 5.97 Å². The molecule has 2 unspecified atom stereocenters. The summed E-state index contributed by atoms with van der Waals surface area (Å²) in [5.41, 5.74) is -0.445. The van der Waals surface area contributed by atoms with E-state index in [4.69, 9.17) is 4.74 Å². The van der Waals surface area contributed by atoms with Crippen LogP contribution in [0.1, 0.15) is 60.3 Å². The van der Waals surface area contributed by atoms with Gasteiger partial charge < -0.3 is 4.74 Å². The lowest BCUT2D eigenvalue weighted by Gasteiger charge is -2.30. The van der Waals surface area contributed by atoms with Crippen molar-refractivity contribution in [3.05, 3.63) is 0 Å². The number of ether oxygens (including phenoxy) is 1. The Morgan fingerprint density at radius 3 is 2.65 bits per heavy atom. The third-order valence-corrected chi connectivity index (χ3v) is 5.09. The Balaban J connectivity index is 2.57. The molecule has 0 aromatic carbocycles. The maximum Gasteiger partial charge on any atom is 0.326 e. The van der Waals surface area contributed by atoms with Gasteiger partial charge in [0, 0.05) is 11.3 Å². The molecule has 118 valence electrons. The lowest BCUT2D eigenvalue weighted by Crippen LogP contribution is -2.54. The van der Waals surface area contributed by atoms with Gasteiger partial charge in [-0.2, -0.15) is 11.8 Å². The minimum absolute atomic E-state index is 0.0549. The van der Waals surface area contributed by atoms with E-state index in [1.54, 1.807) is 0 Å². The van der Waals surface area contributed by atoms with Crippen molar-refractivity contribution in [2.45, 2.75) is 77.1 Å². The largest absolute Gasteiger partial charge is 0.465 e. The molecule has 0 radical (unpaired) electrons. The van der Waals surface area contributed by atoms with Crippen molar-refractivity contribution in [2.24, 2.45) is 5.92 Å². The zero-order chi connectivity index (χ0) is 15.2. The molecule has 0 heterocycles. The van der Waals surface area contributed by atoms with Crippen LogP contribution in [0, 0.1) is 5.92 Å². The number of hydrogen-bond donors (Lipinski definition) is 1. The molecule has 0 aromatic heterocycles. The van der Waals surface area contributed by atoms with E-state index in [2.05, 4.69) is 33.0 Å². The molecule has 2 atom stereocenters. The maximum atomic E-state index is 12.3.